The third-order valence-corrected chi connectivity index (χ3v) is 4.33. The molecule has 4 rings (SSSR count). The fourth-order valence-electron chi connectivity index (χ4n) is 2.67. The van der Waals surface area contributed by atoms with E-state index < -0.39 is 0 Å². The van der Waals surface area contributed by atoms with Gasteiger partial charge >= 0.3 is 0 Å². The zero-order chi connectivity index (χ0) is 13.9. The average Bonchev–Trinajstić information content (AvgIpc) is 3.03. The van der Waals surface area contributed by atoms with Crippen LogP contribution < -0.4 is 15.2 Å². The van der Waals surface area contributed by atoms with Crippen molar-refractivity contribution in [2.24, 2.45) is 0 Å². The Morgan fingerprint density at radius 2 is 2.15 bits per heavy atom. The van der Waals surface area contributed by atoms with Gasteiger partial charge in [-0.3, -0.25) is 0 Å². The van der Waals surface area contributed by atoms with Gasteiger partial charge in [-0.25, -0.2) is 4.98 Å². The first-order chi connectivity index (χ1) is 9.65. The number of halogens is 1. The summed E-state index contributed by atoms with van der Waals surface area (Å²) in [6.45, 7) is 2.25. The molecular weight excluding hydrogens is 322 g/mol. The minimum Gasteiger partial charge on any atom is -0.454 e. The molecule has 0 unspecified atom stereocenters. The third kappa shape index (κ3) is 1.71. The summed E-state index contributed by atoms with van der Waals surface area (Å²) in [5, 5.41) is 0. The number of nitrogens with zero attached hydrogens (tertiary/aromatic N) is 2. The largest absolute Gasteiger partial charge is 0.454 e. The number of aromatic nitrogens is 2. The molecule has 0 radical (unpaired) electrons. The summed E-state index contributed by atoms with van der Waals surface area (Å²) in [6.07, 6.45) is 2.37. The Bertz CT molecular complexity index is 707. The molecule has 1 saturated carbocycles. The van der Waals surface area contributed by atoms with Crippen molar-refractivity contribution >= 4 is 21.7 Å². The van der Waals surface area contributed by atoms with Gasteiger partial charge in [0.2, 0.25) is 6.79 Å². The number of aryl methyl sites for hydroxylation is 1. The van der Waals surface area contributed by atoms with E-state index in [1.54, 1.807) is 0 Å². The number of rotatable bonds is 2. The normalized spacial score (nSPS) is 16.7. The van der Waals surface area contributed by atoms with Gasteiger partial charge in [-0.1, -0.05) is 0 Å². The van der Waals surface area contributed by atoms with E-state index in [-0.39, 0.29) is 6.79 Å². The van der Waals surface area contributed by atoms with Crippen LogP contribution in [-0.4, -0.2) is 16.3 Å². The molecule has 0 amide bonds. The molecule has 6 heteroatoms. The molecule has 20 heavy (non-hydrogen) atoms. The number of anilines is 1. The van der Waals surface area contributed by atoms with Gasteiger partial charge in [0, 0.05) is 11.6 Å². The van der Waals surface area contributed by atoms with Crippen LogP contribution in [0.5, 0.6) is 11.5 Å². The molecule has 1 aromatic heterocycles. The van der Waals surface area contributed by atoms with E-state index in [1.165, 1.54) is 12.8 Å². The van der Waals surface area contributed by atoms with Crippen molar-refractivity contribution in [2.75, 3.05) is 12.5 Å². The smallest absolute Gasteiger partial charge is 0.231 e. The molecule has 0 bridgehead atoms. The summed E-state index contributed by atoms with van der Waals surface area (Å²) in [5.74, 6) is 3.17. The van der Waals surface area contributed by atoms with Gasteiger partial charge in [0.05, 0.1) is 4.47 Å². The second-order valence-corrected chi connectivity index (χ2v) is 6.04. The van der Waals surface area contributed by atoms with Gasteiger partial charge in [-0.05, 0) is 47.8 Å². The SMILES string of the molecule is Cc1nc(-c2cc(Br)c3c(c2)OCO3)c(N)n1C1CC1. The van der Waals surface area contributed by atoms with Crippen LogP contribution in [0, 0.1) is 6.92 Å². The Morgan fingerprint density at radius 1 is 1.35 bits per heavy atom. The highest BCUT2D eigenvalue weighted by molar-refractivity contribution is 9.10. The Balaban J connectivity index is 1.85. The van der Waals surface area contributed by atoms with Crippen LogP contribution in [0.4, 0.5) is 5.82 Å². The second-order valence-electron chi connectivity index (χ2n) is 5.19. The Hall–Kier alpha value is -1.69. The van der Waals surface area contributed by atoms with Crippen LogP contribution in [0.2, 0.25) is 0 Å². The lowest BCUT2D eigenvalue weighted by atomic mass is 10.1. The highest BCUT2D eigenvalue weighted by atomic mass is 79.9. The molecule has 2 N–H and O–H groups in total. The molecule has 1 fully saturated rings. The molecule has 2 aliphatic rings. The van der Waals surface area contributed by atoms with Crippen molar-refractivity contribution in [3.05, 3.63) is 22.4 Å². The highest BCUT2D eigenvalue weighted by Gasteiger charge is 2.29. The first-order valence-electron chi connectivity index (χ1n) is 6.59. The first-order valence-corrected chi connectivity index (χ1v) is 7.38. The van der Waals surface area contributed by atoms with E-state index in [0.717, 1.165) is 38.9 Å². The van der Waals surface area contributed by atoms with Gasteiger partial charge in [0.25, 0.3) is 0 Å². The van der Waals surface area contributed by atoms with E-state index in [0.29, 0.717) is 6.04 Å². The summed E-state index contributed by atoms with van der Waals surface area (Å²) < 4.78 is 13.8. The van der Waals surface area contributed by atoms with Crippen LogP contribution in [0.3, 0.4) is 0 Å². The molecule has 0 saturated heterocycles. The summed E-state index contributed by atoms with van der Waals surface area (Å²) in [7, 11) is 0. The molecule has 0 spiro atoms. The van der Waals surface area contributed by atoms with E-state index in [2.05, 4.69) is 25.5 Å². The lowest BCUT2D eigenvalue weighted by molar-refractivity contribution is 0.173. The lowest BCUT2D eigenvalue weighted by Crippen LogP contribution is -2.02. The number of imidazole rings is 1. The minimum absolute atomic E-state index is 0.252. The van der Waals surface area contributed by atoms with Crippen LogP contribution in [0.1, 0.15) is 24.7 Å². The molecule has 0 atom stereocenters. The highest BCUT2D eigenvalue weighted by Crippen LogP contribution is 2.45. The Morgan fingerprint density at radius 3 is 2.90 bits per heavy atom. The number of hydrogen-bond acceptors (Lipinski definition) is 4. The Labute approximate surface area is 124 Å². The molecule has 104 valence electrons. The monoisotopic (exact) mass is 335 g/mol. The van der Waals surface area contributed by atoms with Crippen molar-refractivity contribution in [1.29, 1.82) is 0 Å². The molecule has 1 aromatic carbocycles. The maximum Gasteiger partial charge on any atom is 0.231 e. The number of ether oxygens (including phenoxy) is 2. The molecule has 2 aromatic rings. The number of nitrogens with two attached hydrogens (primary N) is 1. The van der Waals surface area contributed by atoms with Crippen LogP contribution in [-0.2, 0) is 0 Å². The van der Waals surface area contributed by atoms with Crippen LogP contribution in [0.25, 0.3) is 11.3 Å². The molecule has 5 nitrogen and oxygen atoms in total. The van der Waals surface area contributed by atoms with Crippen molar-refractivity contribution in [1.82, 2.24) is 9.55 Å². The van der Waals surface area contributed by atoms with E-state index in [1.807, 2.05) is 19.1 Å². The van der Waals surface area contributed by atoms with E-state index in [4.69, 9.17) is 15.2 Å². The standard InChI is InChI=1S/C14H14BrN3O2/c1-7-17-12(14(16)18(7)9-2-3-9)8-4-10(15)13-11(5-8)19-6-20-13/h4-5,9H,2-3,6,16H2,1H3. The third-order valence-electron chi connectivity index (χ3n) is 3.74. The maximum atomic E-state index is 6.29. The lowest BCUT2D eigenvalue weighted by Gasteiger charge is -2.06. The van der Waals surface area contributed by atoms with Crippen molar-refractivity contribution in [3.63, 3.8) is 0 Å². The summed E-state index contributed by atoms with van der Waals surface area (Å²) >= 11 is 3.51. The number of hydrogen-bond donors (Lipinski definition) is 1. The van der Waals surface area contributed by atoms with Gasteiger partial charge in [-0.15, -0.1) is 0 Å². The quantitative estimate of drug-likeness (QED) is 0.914. The van der Waals surface area contributed by atoms with Crippen molar-refractivity contribution < 1.29 is 9.47 Å². The fraction of sp³-hybridized carbons (Fsp3) is 0.357. The zero-order valence-corrected chi connectivity index (χ0v) is 12.6. The minimum atomic E-state index is 0.252. The number of fused-ring (bicyclic) bond motifs is 1. The van der Waals surface area contributed by atoms with Crippen LogP contribution >= 0.6 is 15.9 Å². The molecule has 2 heterocycles. The van der Waals surface area contributed by atoms with Crippen molar-refractivity contribution in [3.8, 4) is 22.8 Å². The summed E-state index contributed by atoms with van der Waals surface area (Å²) in [4.78, 5) is 4.63. The van der Waals surface area contributed by atoms with Gasteiger partial charge in [-0.2, -0.15) is 0 Å². The molecule has 1 aliphatic carbocycles. The first kappa shape index (κ1) is 12.1. The van der Waals surface area contributed by atoms with Gasteiger partial charge in [0.1, 0.15) is 17.3 Å². The predicted molar refractivity (Wildman–Crippen MR) is 78.9 cm³/mol. The number of nitrogen functional groups attached to an aromatic ring is 1. The van der Waals surface area contributed by atoms with Gasteiger partial charge < -0.3 is 19.8 Å². The predicted octanol–water partition coefficient (Wildman–Crippen LogP) is 3.27. The topological polar surface area (TPSA) is 62.3 Å². The Kier molecular flexibility index (Phi) is 2.51. The number of benzene rings is 1. The van der Waals surface area contributed by atoms with E-state index >= 15 is 0 Å². The molecule has 1 aliphatic heterocycles. The van der Waals surface area contributed by atoms with E-state index in [9.17, 15) is 0 Å². The summed E-state index contributed by atoms with van der Waals surface area (Å²) in [5.41, 5.74) is 8.04. The average molecular weight is 336 g/mol. The second kappa shape index (κ2) is 4.15. The maximum absolute atomic E-state index is 6.29. The summed E-state index contributed by atoms with van der Waals surface area (Å²) in [6, 6.07) is 4.43. The zero-order valence-electron chi connectivity index (χ0n) is 11.0. The molecular formula is C14H14BrN3O2. The van der Waals surface area contributed by atoms with Gasteiger partial charge in [0.15, 0.2) is 11.5 Å². The van der Waals surface area contributed by atoms with Crippen LogP contribution in [0.15, 0.2) is 16.6 Å². The fourth-order valence-corrected chi connectivity index (χ4v) is 3.23. The van der Waals surface area contributed by atoms with Crippen molar-refractivity contribution in [2.45, 2.75) is 25.8 Å².